The van der Waals surface area contributed by atoms with Crippen LogP contribution in [0.4, 0.5) is 5.82 Å². The molecule has 0 N–H and O–H groups in total. The number of aryl methyl sites for hydroxylation is 2. The lowest BCUT2D eigenvalue weighted by atomic mass is 10.1. The normalized spacial score (nSPS) is 10.0. The Morgan fingerprint density at radius 3 is 2.58 bits per heavy atom. The van der Waals surface area contributed by atoms with Crippen molar-refractivity contribution in [2.24, 2.45) is 0 Å². The summed E-state index contributed by atoms with van der Waals surface area (Å²) in [5.41, 5.74) is 3.67. The first-order valence-electron chi connectivity index (χ1n) is 6.10. The van der Waals surface area contributed by atoms with E-state index in [9.17, 15) is 5.26 Å². The van der Waals surface area contributed by atoms with Gasteiger partial charge in [-0.3, -0.25) is 4.98 Å². The second kappa shape index (κ2) is 5.49. The maximum Gasteiger partial charge on any atom is 0.147 e. The molecular formula is C15H16N4. The fourth-order valence-electron chi connectivity index (χ4n) is 2.07. The van der Waals surface area contributed by atoms with E-state index in [1.54, 1.807) is 12.4 Å². The third kappa shape index (κ3) is 2.89. The highest BCUT2D eigenvalue weighted by Gasteiger charge is 2.12. The summed E-state index contributed by atoms with van der Waals surface area (Å²) in [7, 11) is 1.95. The molecule has 0 radical (unpaired) electrons. The Kier molecular flexibility index (Phi) is 3.76. The van der Waals surface area contributed by atoms with Crippen molar-refractivity contribution in [2.45, 2.75) is 20.4 Å². The number of hydrogen-bond donors (Lipinski definition) is 0. The summed E-state index contributed by atoms with van der Waals surface area (Å²) in [4.78, 5) is 10.5. The number of pyridine rings is 2. The number of hydrogen-bond acceptors (Lipinski definition) is 4. The van der Waals surface area contributed by atoms with Gasteiger partial charge in [0.1, 0.15) is 11.9 Å². The first-order chi connectivity index (χ1) is 9.11. The van der Waals surface area contributed by atoms with Gasteiger partial charge in [0.05, 0.1) is 5.56 Å². The Morgan fingerprint density at radius 2 is 1.95 bits per heavy atom. The number of nitrogens with zero attached hydrogens (tertiary/aromatic N) is 4. The van der Waals surface area contributed by atoms with Crippen molar-refractivity contribution in [3.8, 4) is 6.07 Å². The van der Waals surface area contributed by atoms with Crippen molar-refractivity contribution < 1.29 is 0 Å². The SMILES string of the molecule is Cc1cc(C)c(C#N)c(N(C)Cc2ccncc2)n1. The highest BCUT2D eigenvalue weighted by molar-refractivity contribution is 5.57. The summed E-state index contributed by atoms with van der Waals surface area (Å²) in [5, 5.41) is 9.28. The molecule has 0 unspecified atom stereocenters. The minimum Gasteiger partial charge on any atom is -0.354 e. The zero-order valence-electron chi connectivity index (χ0n) is 11.4. The molecule has 0 fully saturated rings. The molecule has 4 heteroatoms. The van der Waals surface area contributed by atoms with Gasteiger partial charge in [0.2, 0.25) is 0 Å². The molecule has 0 aliphatic heterocycles. The van der Waals surface area contributed by atoms with Crippen LogP contribution in [0.25, 0.3) is 0 Å². The Hall–Kier alpha value is -2.41. The van der Waals surface area contributed by atoms with Crippen molar-refractivity contribution in [2.75, 3.05) is 11.9 Å². The van der Waals surface area contributed by atoms with Crippen LogP contribution in [-0.2, 0) is 6.54 Å². The maximum absolute atomic E-state index is 9.28. The van der Waals surface area contributed by atoms with Crippen LogP contribution in [0.2, 0.25) is 0 Å². The zero-order chi connectivity index (χ0) is 13.8. The Labute approximate surface area is 113 Å². The lowest BCUT2D eigenvalue weighted by molar-refractivity contribution is 0.884. The standard InChI is InChI=1S/C15H16N4/c1-11-8-12(2)18-15(14(11)9-16)19(3)10-13-4-6-17-7-5-13/h4-8H,10H2,1-3H3. The van der Waals surface area contributed by atoms with E-state index < -0.39 is 0 Å². The van der Waals surface area contributed by atoms with E-state index >= 15 is 0 Å². The summed E-state index contributed by atoms with van der Waals surface area (Å²) < 4.78 is 0. The third-order valence-corrected chi connectivity index (χ3v) is 2.97. The second-order valence-electron chi connectivity index (χ2n) is 4.60. The molecule has 96 valence electrons. The smallest absolute Gasteiger partial charge is 0.147 e. The van der Waals surface area contributed by atoms with Crippen molar-refractivity contribution in [3.05, 3.63) is 53.0 Å². The molecule has 2 heterocycles. The minimum absolute atomic E-state index is 0.641. The summed E-state index contributed by atoms with van der Waals surface area (Å²) in [6.07, 6.45) is 3.53. The predicted molar refractivity (Wildman–Crippen MR) is 74.8 cm³/mol. The van der Waals surface area contributed by atoms with Gasteiger partial charge >= 0.3 is 0 Å². The lowest BCUT2D eigenvalue weighted by Gasteiger charge is -2.20. The summed E-state index contributed by atoms with van der Waals surface area (Å²) in [5.74, 6) is 0.733. The van der Waals surface area contributed by atoms with Crippen LogP contribution in [0.15, 0.2) is 30.6 Å². The van der Waals surface area contributed by atoms with Crippen molar-refractivity contribution in [1.29, 1.82) is 5.26 Å². The largest absolute Gasteiger partial charge is 0.354 e. The first-order valence-corrected chi connectivity index (χ1v) is 6.10. The summed E-state index contributed by atoms with van der Waals surface area (Å²) in [6.45, 7) is 4.59. The maximum atomic E-state index is 9.28. The van der Waals surface area contributed by atoms with Crippen LogP contribution in [0, 0.1) is 25.2 Å². The molecule has 2 aromatic heterocycles. The van der Waals surface area contributed by atoms with E-state index in [0.29, 0.717) is 12.1 Å². The van der Waals surface area contributed by atoms with Crippen molar-refractivity contribution in [1.82, 2.24) is 9.97 Å². The molecule has 0 aliphatic rings. The molecule has 4 nitrogen and oxygen atoms in total. The van der Waals surface area contributed by atoms with Gasteiger partial charge in [-0.2, -0.15) is 5.26 Å². The predicted octanol–water partition coefficient (Wildman–Crippen LogP) is 2.60. The molecule has 0 saturated heterocycles. The fraction of sp³-hybridized carbons (Fsp3) is 0.267. The Morgan fingerprint density at radius 1 is 1.26 bits per heavy atom. The van der Waals surface area contributed by atoms with Crippen LogP contribution in [-0.4, -0.2) is 17.0 Å². The molecule has 0 amide bonds. The summed E-state index contributed by atoms with van der Waals surface area (Å²) in [6, 6.07) is 8.10. The van der Waals surface area contributed by atoms with E-state index in [1.165, 1.54) is 0 Å². The van der Waals surface area contributed by atoms with Crippen LogP contribution >= 0.6 is 0 Å². The molecular weight excluding hydrogens is 236 g/mol. The van der Waals surface area contributed by atoms with Crippen molar-refractivity contribution >= 4 is 5.82 Å². The van der Waals surface area contributed by atoms with Crippen LogP contribution in [0.3, 0.4) is 0 Å². The average molecular weight is 252 g/mol. The highest BCUT2D eigenvalue weighted by Crippen LogP contribution is 2.22. The van der Waals surface area contributed by atoms with E-state index in [-0.39, 0.29) is 0 Å². The monoisotopic (exact) mass is 252 g/mol. The zero-order valence-corrected chi connectivity index (χ0v) is 11.4. The molecule has 0 aromatic carbocycles. The molecule has 0 atom stereocenters. The van der Waals surface area contributed by atoms with Gasteiger partial charge in [-0.05, 0) is 43.2 Å². The lowest BCUT2D eigenvalue weighted by Crippen LogP contribution is -2.19. The van der Waals surface area contributed by atoms with E-state index in [0.717, 1.165) is 22.6 Å². The van der Waals surface area contributed by atoms with Crippen LogP contribution in [0.1, 0.15) is 22.4 Å². The van der Waals surface area contributed by atoms with Gasteiger partial charge in [0.25, 0.3) is 0 Å². The highest BCUT2D eigenvalue weighted by atomic mass is 15.2. The third-order valence-electron chi connectivity index (χ3n) is 2.97. The quantitative estimate of drug-likeness (QED) is 0.842. The fourth-order valence-corrected chi connectivity index (χ4v) is 2.07. The number of nitriles is 1. The van der Waals surface area contributed by atoms with Crippen LogP contribution < -0.4 is 4.90 Å². The van der Waals surface area contributed by atoms with Gasteiger partial charge in [-0.1, -0.05) is 0 Å². The molecule has 19 heavy (non-hydrogen) atoms. The number of aromatic nitrogens is 2. The van der Waals surface area contributed by atoms with Gasteiger partial charge in [0, 0.05) is 31.7 Å². The van der Waals surface area contributed by atoms with Crippen LogP contribution in [0.5, 0.6) is 0 Å². The molecule has 2 aromatic rings. The van der Waals surface area contributed by atoms with Gasteiger partial charge in [-0.25, -0.2) is 4.98 Å². The van der Waals surface area contributed by atoms with E-state index in [4.69, 9.17) is 0 Å². The van der Waals surface area contributed by atoms with E-state index in [1.807, 2.05) is 44.0 Å². The number of rotatable bonds is 3. The topological polar surface area (TPSA) is 52.8 Å². The Balaban J connectivity index is 2.34. The Bertz CT molecular complexity index is 614. The van der Waals surface area contributed by atoms with Gasteiger partial charge < -0.3 is 4.90 Å². The molecule has 0 spiro atoms. The molecule has 0 aliphatic carbocycles. The minimum atomic E-state index is 0.641. The second-order valence-corrected chi connectivity index (χ2v) is 4.60. The van der Waals surface area contributed by atoms with Gasteiger partial charge in [-0.15, -0.1) is 0 Å². The molecule has 0 bridgehead atoms. The van der Waals surface area contributed by atoms with Gasteiger partial charge in [0.15, 0.2) is 0 Å². The average Bonchev–Trinajstić information content (AvgIpc) is 2.39. The van der Waals surface area contributed by atoms with Crippen molar-refractivity contribution in [3.63, 3.8) is 0 Å². The molecule has 0 saturated carbocycles. The summed E-state index contributed by atoms with van der Waals surface area (Å²) >= 11 is 0. The van der Waals surface area contributed by atoms with E-state index in [2.05, 4.69) is 16.0 Å². The molecule has 2 rings (SSSR count). The first kappa shape index (κ1) is 13.0. The number of anilines is 1.